The highest BCUT2D eigenvalue weighted by Gasteiger charge is 2.24. The lowest BCUT2D eigenvalue weighted by atomic mass is 9.97. The third kappa shape index (κ3) is 2.68. The van der Waals surface area contributed by atoms with Crippen LogP contribution in [0.25, 0.3) is 0 Å². The van der Waals surface area contributed by atoms with Crippen molar-refractivity contribution in [3.05, 3.63) is 52.0 Å². The fourth-order valence-electron chi connectivity index (χ4n) is 2.83. The average Bonchev–Trinajstić information content (AvgIpc) is 2.99. The zero-order valence-corrected chi connectivity index (χ0v) is 12.9. The molecule has 1 aliphatic rings. The predicted molar refractivity (Wildman–Crippen MR) is 82.3 cm³/mol. The van der Waals surface area contributed by atoms with Gasteiger partial charge in [0.15, 0.2) is 0 Å². The van der Waals surface area contributed by atoms with E-state index in [2.05, 4.69) is 10.3 Å². The molecule has 1 aliphatic heterocycles. The number of amides is 1. The van der Waals surface area contributed by atoms with Crippen LogP contribution in [0.1, 0.15) is 23.4 Å². The van der Waals surface area contributed by atoms with Gasteiger partial charge in [-0.3, -0.25) is 9.59 Å². The number of nitrogens with one attached hydrogen (secondary N) is 1. The molecule has 2 aromatic heterocycles. The Morgan fingerprint density at radius 2 is 2.27 bits per heavy atom. The maximum atomic E-state index is 12.3. The average molecular weight is 300 g/mol. The summed E-state index contributed by atoms with van der Waals surface area (Å²) in [6.45, 7) is 2.82. The van der Waals surface area contributed by atoms with E-state index in [0.29, 0.717) is 12.1 Å². The van der Waals surface area contributed by atoms with Crippen LogP contribution < -0.4 is 10.9 Å². The second-order valence-electron chi connectivity index (χ2n) is 5.85. The van der Waals surface area contributed by atoms with Crippen molar-refractivity contribution in [2.24, 2.45) is 13.0 Å². The van der Waals surface area contributed by atoms with E-state index in [1.165, 1.54) is 5.69 Å². The van der Waals surface area contributed by atoms with Gasteiger partial charge in [-0.1, -0.05) is 6.07 Å². The van der Waals surface area contributed by atoms with Crippen molar-refractivity contribution < 1.29 is 4.79 Å². The number of carbonyl (C=O) groups excluding carboxylic acids is 1. The first-order valence-electron chi connectivity index (χ1n) is 7.48. The minimum Gasteiger partial charge on any atom is -0.352 e. The number of aromatic nitrogens is 3. The third-order valence-electron chi connectivity index (χ3n) is 4.42. The van der Waals surface area contributed by atoms with Gasteiger partial charge in [0.1, 0.15) is 0 Å². The summed E-state index contributed by atoms with van der Waals surface area (Å²) in [5, 5.41) is 2.89. The molecule has 0 bridgehead atoms. The smallest absolute Gasteiger partial charge is 0.255 e. The van der Waals surface area contributed by atoms with Crippen molar-refractivity contribution in [3.63, 3.8) is 0 Å². The Labute approximate surface area is 128 Å². The molecule has 1 atom stereocenters. The molecule has 0 spiro atoms. The molecule has 0 radical (unpaired) electrons. The number of hydrogen-bond donors (Lipinski definition) is 1. The van der Waals surface area contributed by atoms with E-state index in [-0.39, 0.29) is 23.9 Å². The first kappa shape index (κ1) is 14.6. The van der Waals surface area contributed by atoms with Crippen molar-refractivity contribution in [1.29, 1.82) is 0 Å². The predicted octanol–water partition coefficient (Wildman–Crippen LogP) is 0.769. The summed E-state index contributed by atoms with van der Waals surface area (Å²) in [5.41, 5.74) is 2.64. The van der Waals surface area contributed by atoms with Crippen LogP contribution in [-0.4, -0.2) is 20.0 Å². The zero-order chi connectivity index (χ0) is 15.7. The summed E-state index contributed by atoms with van der Waals surface area (Å²) in [5.74, 6) is -0.0574. The van der Waals surface area contributed by atoms with Crippen LogP contribution >= 0.6 is 0 Å². The van der Waals surface area contributed by atoms with Gasteiger partial charge >= 0.3 is 0 Å². The van der Waals surface area contributed by atoms with Crippen LogP contribution in [0, 0.1) is 12.8 Å². The number of pyridine rings is 1. The van der Waals surface area contributed by atoms with Crippen LogP contribution in [0.2, 0.25) is 0 Å². The second kappa shape index (κ2) is 5.79. The summed E-state index contributed by atoms with van der Waals surface area (Å²) in [6, 6.07) is 3.67. The van der Waals surface area contributed by atoms with Gasteiger partial charge in [0, 0.05) is 43.3 Å². The zero-order valence-electron chi connectivity index (χ0n) is 12.9. The van der Waals surface area contributed by atoms with E-state index in [9.17, 15) is 9.59 Å². The van der Waals surface area contributed by atoms with Crippen molar-refractivity contribution in [2.75, 3.05) is 0 Å². The fourth-order valence-corrected chi connectivity index (χ4v) is 2.83. The van der Waals surface area contributed by atoms with Gasteiger partial charge in [-0.15, -0.1) is 0 Å². The first-order chi connectivity index (χ1) is 10.6. The number of aryl methyl sites for hydroxylation is 2. The fraction of sp³-hybridized carbons (Fsp3) is 0.438. The van der Waals surface area contributed by atoms with Crippen LogP contribution in [0.3, 0.4) is 0 Å². The lowest BCUT2D eigenvalue weighted by molar-refractivity contribution is -0.126. The van der Waals surface area contributed by atoms with Gasteiger partial charge < -0.3 is 14.5 Å². The molecule has 0 saturated heterocycles. The minimum atomic E-state index is -0.0593. The molecule has 116 valence electrons. The molecule has 2 aromatic rings. The topological polar surface area (TPSA) is 68.9 Å². The van der Waals surface area contributed by atoms with E-state index >= 15 is 0 Å². The molecule has 6 nitrogen and oxygen atoms in total. The van der Waals surface area contributed by atoms with Crippen LogP contribution in [0.4, 0.5) is 0 Å². The standard InChI is InChI=1S/C16H20N4O2/c1-11-3-4-12(16(22)19(11)2)7-18-15(21)13-5-6-14-8-17-10-20(14)9-13/h3-4,8,10,13H,5-7,9H2,1-2H3,(H,18,21)/t13-/m0/s1. The number of hydrogen-bond acceptors (Lipinski definition) is 3. The Bertz CT molecular complexity index is 760. The Morgan fingerprint density at radius 3 is 3.09 bits per heavy atom. The van der Waals surface area contributed by atoms with Gasteiger partial charge in [-0.05, 0) is 25.8 Å². The molecule has 0 aliphatic carbocycles. The second-order valence-corrected chi connectivity index (χ2v) is 5.85. The molecule has 0 unspecified atom stereocenters. The summed E-state index contributed by atoms with van der Waals surface area (Å²) in [7, 11) is 1.74. The van der Waals surface area contributed by atoms with Gasteiger partial charge in [-0.2, -0.15) is 0 Å². The molecular weight excluding hydrogens is 280 g/mol. The monoisotopic (exact) mass is 300 g/mol. The van der Waals surface area contributed by atoms with Crippen molar-refractivity contribution in [3.8, 4) is 0 Å². The molecule has 1 N–H and O–H groups in total. The third-order valence-corrected chi connectivity index (χ3v) is 4.42. The van der Waals surface area contributed by atoms with Crippen molar-refractivity contribution in [2.45, 2.75) is 32.9 Å². The minimum absolute atomic E-state index is 0.00183. The quantitative estimate of drug-likeness (QED) is 0.910. The Balaban J connectivity index is 1.64. The lowest BCUT2D eigenvalue weighted by Gasteiger charge is -2.23. The highest BCUT2D eigenvalue weighted by Crippen LogP contribution is 2.19. The van der Waals surface area contributed by atoms with E-state index in [4.69, 9.17) is 0 Å². The van der Waals surface area contributed by atoms with Crippen LogP contribution in [-0.2, 0) is 31.4 Å². The Morgan fingerprint density at radius 1 is 1.45 bits per heavy atom. The summed E-state index contributed by atoms with van der Waals surface area (Å²) >= 11 is 0. The maximum absolute atomic E-state index is 12.3. The maximum Gasteiger partial charge on any atom is 0.255 e. The normalized spacial score (nSPS) is 17.1. The van der Waals surface area contributed by atoms with E-state index in [0.717, 1.165) is 18.5 Å². The van der Waals surface area contributed by atoms with E-state index in [1.807, 2.05) is 23.8 Å². The van der Waals surface area contributed by atoms with Crippen molar-refractivity contribution in [1.82, 2.24) is 19.4 Å². The number of fused-ring (bicyclic) bond motifs is 1. The molecule has 3 rings (SSSR count). The lowest BCUT2D eigenvalue weighted by Crippen LogP contribution is -2.37. The summed E-state index contributed by atoms with van der Waals surface area (Å²) < 4.78 is 3.62. The molecule has 0 saturated carbocycles. The molecule has 0 fully saturated rings. The molecule has 3 heterocycles. The molecular formula is C16H20N4O2. The summed E-state index contributed by atoms with van der Waals surface area (Å²) in [6.07, 6.45) is 5.31. The SMILES string of the molecule is Cc1ccc(CNC(=O)[C@H]2CCc3cncn3C2)c(=O)n1C. The molecule has 1 amide bonds. The molecule has 6 heteroatoms. The summed E-state index contributed by atoms with van der Waals surface area (Å²) in [4.78, 5) is 28.5. The van der Waals surface area contributed by atoms with Crippen molar-refractivity contribution >= 4 is 5.91 Å². The Hall–Kier alpha value is -2.37. The van der Waals surface area contributed by atoms with Gasteiger partial charge in [-0.25, -0.2) is 4.98 Å². The number of carbonyl (C=O) groups is 1. The van der Waals surface area contributed by atoms with Crippen LogP contribution in [0.15, 0.2) is 29.5 Å². The largest absolute Gasteiger partial charge is 0.352 e. The molecule has 0 aromatic carbocycles. The number of rotatable bonds is 3. The number of imidazole rings is 1. The Kier molecular flexibility index (Phi) is 3.83. The van der Waals surface area contributed by atoms with E-state index in [1.54, 1.807) is 24.0 Å². The highest BCUT2D eigenvalue weighted by molar-refractivity contribution is 5.78. The first-order valence-corrected chi connectivity index (χ1v) is 7.48. The molecule has 22 heavy (non-hydrogen) atoms. The van der Waals surface area contributed by atoms with Gasteiger partial charge in [0.05, 0.1) is 12.2 Å². The number of nitrogens with zero attached hydrogens (tertiary/aromatic N) is 3. The van der Waals surface area contributed by atoms with E-state index < -0.39 is 0 Å². The highest BCUT2D eigenvalue weighted by atomic mass is 16.2. The van der Waals surface area contributed by atoms with Gasteiger partial charge in [0.2, 0.25) is 5.91 Å². The van der Waals surface area contributed by atoms with Crippen LogP contribution in [0.5, 0.6) is 0 Å². The van der Waals surface area contributed by atoms with Gasteiger partial charge in [0.25, 0.3) is 5.56 Å².